The van der Waals surface area contributed by atoms with Crippen LogP contribution in [-0.4, -0.2) is 63.7 Å². The average molecular weight is 403 g/mol. The van der Waals surface area contributed by atoms with E-state index < -0.39 is 43.3 Å². The summed E-state index contributed by atoms with van der Waals surface area (Å²) < 4.78 is 4.78. The number of allylic oxidation sites excluding steroid dienone is 1. The number of hydrogen-bond donors (Lipinski definition) is 4. The molecule has 1 unspecified atom stereocenters. The van der Waals surface area contributed by atoms with E-state index in [0.29, 0.717) is 5.92 Å². The second-order valence-corrected chi connectivity index (χ2v) is 8.07. The Kier molecular flexibility index (Phi) is 14.0. The lowest BCUT2D eigenvalue weighted by atomic mass is 9.94. The Morgan fingerprint density at radius 2 is 1.61 bits per heavy atom. The van der Waals surface area contributed by atoms with Crippen molar-refractivity contribution in [1.29, 1.82) is 0 Å². The fourth-order valence-corrected chi connectivity index (χ4v) is 2.80. The molecule has 0 aromatic rings. The molecular formula is C21H38O7. The van der Waals surface area contributed by atoms with Crippen molar-refractivity contribution in [3.8, 4) is 0 Å². The van der Waals surface area contributed by atoms with E-state index >= 15 is 0 Å². The van der Waals surface area contributed by atoms with Gasteiger partial charge in [0.05, 0.1) is 6.61 Å². The lowest BCUT2D eigenvalue weighted by molar-refractivity contribution is -0.152. The fraction of sp³-hybridized carbons (Fsp3) is 0.810. The highest BCUT2D eigenvalue weighted by molar-refractivity contribution is 5.89. The molecule has 0 heterocycles. The van der Waals surface area contributed by atoms with E-state index in [0.717, 1.165) is 30.8 Å². The first-order chi connectivity index (χ1) is 13.1. The van der Waals surface area contributed by atoms with E-state index in [1.807, 2.05) is 6.92 Å². The Labute approximate surface area is 168 Å². The summed E-state index contributed by atoms with van der Waals surface area (Å²) in [5, 5.41) is 36.9. The third-order valence-electron chi connectivity index (χ3n) is 4.70. The van der Waals surface area contributed by atoms with Crippen molar-refractivity contribution < 1.29 is 34.8 Å². The van der Waals surface area contributed by atoms with Gasteiger partial charge in [-0.15, -0.1) is 0 Å². The number of ketones is 1. The molecule has 0 amide bonds. The third kappa shape index (κ3) is 12.2. The van der Waals surface area contributed by atoms with Crippen LogP contribution in [-0.2, 0) is 14.3 Å². The van der Waals surface area contributed by atoms with E-state index in [-0.39, 0.29) is 0 Å². The highest BCUT2D eigenvalue weighted by atomic mass is 16.5. The summed E-state index contributed by atoms with van der Waals surface area (Å²) in [6, 6.07) is 0. The van der Waals surface area contributed by atoms with Crippen LogP contribution in [0.4, 0.5) is 0 Å². The second-order valence-electron chi connectivity index (χ2n) is 8.07. The van der Waals surface area contributed by atoms with Crippen LogP contribution in [0, 0.1) is 11.8 Å². The molecule has 0 rings (SSSR count). The molecule has 0 saturated heterocycles. The number of aliphatic hydroxyl groups excluding tert-OH is 4. The lowest BCUT2D eigenvalue weighted by Gasteiger charge is -2.20. The Morgan fingerprint density at radius 1 is 1.00 bits per heavy atom. The lowest BCUT2D eigenvalue weighted by Crippen LogP contribution is -2.45. The fourth-order valence-electron chi connectivity index (χ4n) is 2.80. The van der Waals surface area contributed by atoms with Gasteiger partial charge in [0, 0.05) is 6.08 Å². The number of ether oxygens (including phenoxy) is 1. The summed E-state index contributed by atoms with van der Waals surface area (Å²) in [6.07, 6.45) is 2.43. The van der Waals surface area contributed by atoms with Gasteiger partial charge in [-0.3, -0.25) is 4.79 Å². The number of carbonyl (C=O) groups is 2. The summed E-state index contributed by atoms with van der Waals surface area (Å²) in [5.74, 6) is -0.257. The summed E-state index contributed by atoms with van der Waals surface area (Å²) in [7, 11) is 0. The predicted octanol–water partition coefficient (Wildman–Crippen LogP) is 1.75. The molecule has 0 fully saturated rings. The zero-order chi connectivity index (χ0) is 21.7. The number of esters is 1. The van der Waals surface area contributed by atoms with Crippen LogP contribution in [0.15, 0.2) is 11.6 Å². The minimum atomic E-state index is -1.93. The summed E-state index contributed by atoms with van der Waals surface area (Å²) in [4.78, 5) is 23.4. The van der Waals surface area contributed by atoms with Crippen molar-refractivity contribution >= 4 is 11.8 Å². The molecule has 0 radical (unpaired) electrons. The number of aliphatic hydroxyl groups is 4. The molecule has 7 nitrogen and oxygen atoms in total. The zero-order valence-corrected chi connectivity index (χ0v) is 17.6. The van der Waals surface area contributed by atoms with Gasteiger partial charge >= 0.3 is 5.97 Å². The molecule has 0 aromatic carbocycles. The van der Waals surface area contributed by atoms with E-state index in [4.69, 9.17) is 9.84 Å². The second kappa shape index (κ2) is 14.7. The summed E-state index contributed by atoms with van der Waals surface area (Å²) >= 11 is 0. The number of rotatable bonds is 15. The van der Waals surface area contributed by atoms with Crippen molar-refractivity contribution in [2.45, 2.75) is 84.5 Å². The van der Waals surface area contributed by atoms with Crippen LogP contribution in [0.1, 0.15) is 66.2 Å². The maximum Gasteiger partial charge on any atom is 0.331 e. The molecule has 0 aliphatic rings. The highest BCUT2D eigenvalue weighted by Crippen LogP contribution is 2.19. The van der Waals surface area contributed by atoms with Crippen molar-refractivity contribution in [2.75, 3.05) is 13.2 Å². The van der Waals surface area contributed by atoms with Gasteiger partial charge in [0.25, 0.3) is 0 Å². The van der Waals surface area contributed by atoms with Gasteiger partial charge in [-0.1, -0.05) is 52.0 Å². The molecule has 164 valence electrons. The highest BCUT2D eigenvalue weighted by Gasteiger charge is 2.30. The van der Waals surface area contributed by atoms with Crippen molar-refractivity contribution in [3.05, 3.63) is 11.6 Å². The van der Waals surface area contributed by atoms with Crippen molar-refractivity contribution in [2.24, 2.45) is 11.8 Å². The number of Topliss-reactive ketones (excluding diaryl/α,β-unsaturated/α-hetero) is 1. The van der Waals surface area contributed by atoms with Gasteiger partial charge in [-0.05, 0) is 31.6 Å². The Hall–Kier alpha value is -1.28. The molecule has 0 aliphatic heterocycles. The first kappa shape index (κ1) is 26.7. The van der Waals surface area contributed by atoms with Crippen LogP contribution >= 0.6 is 0 Å². The Morgan fingerprint density at radius 3 is 2.18 bits per heavy atom. The number of hydrogen-bond acceptors (Lipinski definition) is 7. The summed E-state index contributed by atoms with van der Waals surface area (Å²) in [6.45, 7) is 7.00. The quantitative estimate of drug-likeness (QED) is 0.243. The SMILES string of the molecule is C/C(=C\C(=O)OCC(=O)[C@H](O)[C@@H](O)[C@H](O)CO)CCCC(C)CCCC(C)C. The molecule has 28 heavy (non-hydrogen) atoms. The van der Waals surface area contributed by atoms with E-state index in [1.54, 1.807) is 0 Å². The van der Waals surface area contributed by atoms with Gasteiger partial charge in [-0.25, -0.2) is 4.79 Å². The molecule has 0 aromatic heterocycles. The average Bonchev–Trinajstić information content (AvgIpc) is 2.63. The van der Waals surface area contributed by atoms with Gasteiger partial charge in [-0.2, -0.15) is 0 Å². The van der Waals surface area contributed by atoms with Crippen molar-refractivity contribution in [3.63, 3.8) is 0 Å². The third-order valence-corrected chi connectivity index (χ3v) is 4.70. The molecular weight excluding hydrogens is 364 g/mol. The minimum absolute atomic E-state index is 0.651. The van der Waals surface area contributed by atoms with Crippen LogP contribution in [0.25, 0.3) is 0 Å². The topological polar surface area (TPSA) is 124 Å². The standard InChI is InChI=1S/C21H38O7/c1-14(2)7-5-8-15(3)9-6-10-16(4)11-19(25)28-13-18(24)21(27)20(26)17(23)12-22/h11,14-15,17,20-23,26-27H,5-10,12-13H2,1-4H3/b16-11+/t15?,17-,20+,21+/m1/s1. The molecule has 0 spiro atoms. The van der Waals surface area contributed by atoms with Gasteiger partial charge in [0.1, 0.15) is 18.3 Å². The molecule has 4 N–H and O–H groups in total. The first-order valence-corrected chi connectivity index (χ1v) is 10.1. The maximum absolute atomic E-state index is 11.8. The largest absolute Gasteiger partial charge is 0.454 e. The normalized spacial score (nSPS) is 16.5. The monoisotopic (exact) mass is 402 g/mol. The van der Waals surface area contributed by atoms with E-state index in [9.17, 15) is 24.9 Å². The van der Waals surface area contributed by atoms with Crippen LogP contribution < -0.4 is 0 Å². The van der Waals surface area contributed by atoms with Crippen LogP contribution in [0.5, 0.6) is 0 Å². The molecule has 4 atom stereocenters. The van der Waals surface area contributed by atoms with Gasteiger partial charge in [0.15, 0.2) is 6.61 Å². The Bertz CT molecular complexity index is 487. The molecule has 0 saturated carbocycles. The first-order valence-electron chi connectivity index (χ1n) is 10.1. The minimum Gasteiger partial charge on any atom is -0.454 e. The smallest absolute Gasteiger partial charge is 0.331 e. The molecule has 7 heteroatoms. The predicted molar refractivity (Wildman–Crippen MR) is 107 cm³/mol. The molecule has 0 aliphatic carbocycles. The van der Waals surface area contributed by atoms with E-state index in [1.165, 1.54) is 25.3 Å². The van der Waals surface area contributed by atoms with Crippen molar-refractivity contribution in [1.82, 2.24) is 0 Å². The Balaban J connectivity index is 4.15. The van der Waals surface area contributed by atoms with Gasteiger partial charge in [0.2, 0.25) is 5.78 Å². The maximum atomic E-state index is 11.8. The molecule has 0 bridgehead atoms. The van der Waals surface area contributed by atoms with Crippen LogP contribution in [0.2, 0.25) is 0 Å². The zero-order valence-electron chi connectivity index (χ0n) is 17.6. The van der Waals surface area contributed by atoms with Crippen LogP contribution in [0.3, 0.4) is 0 Å². The summed E-state index contributed by atoms with van der Waals surface area (Å²) in [5.41, 5.74) is 0.850. The van der Waals surface area contributed by atoms with E-state index in [2.05, 4.69) is 20.8 Å². The van der Waals surface area contributed by atoms with Gasteiger partial charge < -0.3 is 25.2 Å². The number of carbonyl (C=O) groups excluding carboxylic acids is 2.